The molecule has 3 N–H and O–H groups in total. The summed E-state index contributed by atoms with van der Waals surface area (Å²) in [6.45, 7) is 0.465. The molecule has 0 saturated heterocycles. The molecule has 0 spiro atoms. The second kappa shape index (κ2) is 6.74. The van der Waals surface area contributed by atoms with E-state index in [-0.39, 0.29) is 11.7 Å². The molecule has 0 saturated carbocycles. The minimum atomic E-state index is -0.270. The SMILES string of the molecule is Nc1c(NCc2ccc(F)cc2)ncnc1Oc1ccccc1. The predicted molar refractivity (Wildman–Crippen MR) is 86.7 cm³/mol. The summed E-state index contributed by atoms with van der Waals surface area (Å²) in [6.07, 6.45) is 1.38. The minimum Gasteiger partial charge on any atom is -0.437 e. The van der Waals surface area contributed by atoms with Crippen LogP contribution in [-0.4, -0.2) is 9.97 Å². The smallest absolute Gasteiger partial charge is 0.248 e. The van der Waals surface area contributed by atoms with Crippen LogP contribution in [0.4, 0.5) is 15.9 Å². The van der Waals surface area contributed by atoms with Gasteiger partial charge >= 0.3 is 0 Å². The second-order valence-corrected chi connectivity index (χ2v) is 4.84. The first kappa shape index (κ1) is 14.8. The molecule has 0 atom stereocenters. The Morgan fingerprint density at radius 3 is 2.48 bits per heavy atom. The van der Waals surface area contributed by atoms with Gasteiger partial charge in [0.15, 0.2) is 5.82 Å². The number of ether oxygens (including phenoxy) is 1. The second-order valence-electron chi connectivity index (χ2n) is 4.84. The van der Waals surface area contributed by atoms with Crippen LogP contribution in [0.2, 0.25) is 0 Å². The Morgan fingerprint density at radius 2 is 1.74 bits per heavy atom. The van der Waals surface area contributed by atoms with Crippen LogP contribution >= 0.6 is 0 Å². The third kappa shape index (κ3) is 3.74. The summed E-state index contributed by atoms with van der Waals surface area (Å²) in [4.78, 5) is 8.16. The zero-order valence-electron chi connectivity index (χ0n) is 12.2. The molecule has 1 heterocycles. The molecule has 1 aromatic heterocycles. The molecule has 5 nitrogen and oxygen atoms in total. The lowest BCUT2D eigenvalue weighted by Crippen LogP contribution is -2.06. The fraction of sp³-hybridized carbons (Fsp3) is 0.0588. The highest BCUT2D eigenvalue weighted by molar-refractivity contribution is 5.67. The first-order valence-electron chi connectivity index (χ1n) is 7.04. The van der Waals surface area contributed by atoms with Gasteiger partial charge in [0.05, 0.1) is 0 Å². The van der Waals surface area contributed by atoms with E-state index in [0.29, 0.717) is 23.8 Å². The van der Waals surface area contributed by atoms with Crippen molar-refractivity contribution in [3.05, 3.63) is 72.3 Å². The van der Waals surface area contributed by atoms with E-state index in [1.165, 1.54) is 18.5 Å². The van der Waals surface area contributed by atoms with Crippen molar-refractivity contribution in [2.24, 2.45) is 0 Å². The Hall–Kier alpha value is -3.15. The summed E-state index contributed by atoms with van der Waals surface area (Å²) in [7, 11) is 0. The number of rotatable bonds is 5. The number of para-hydroxylation sites is 1. The first-order valence-corrected chi connectivity index (χ1v) is 7.04. The van der Waals surface area contributed by atoms with Gasteiger partial charge in [-0.3, -0.25) is 0 Å². The van der Waals surface area contributed by atoms with Gasteiger partial charge in [0.1, 0.15) is 23.6 Å². The van der Waals surface area contributed by atoms with E-state index in [2.05, 4.69) is 15.3 Å². The van der Waals surface area contributed by atoms with Gasteiger partial charge in [-0.2, -0.15) is 4.98 Å². The molecule has 0 fully saturated rings. The molecular formula is C17H15FN4O. The fourth-order valence-corrected chi connectivity index (χ4v) is 1.99. The number of benzene rings is 2. The molecule has 0 aliphatic rings. The average molecular weight is 310 g/mol. The summed E-state index contributed by atoms with van der Waals surface area (Å²) < 4.78 is 18.5. The Balaban J connectivity index is 1.73. The molecule has 0 unspecified atom stereocenters. The predicted octanol–water partition coefficient (Wildman–Crippen LogP) is 3.60. The topological polar surface area (TPSA) is 73.1 Å². The van der Waals surface area contributed by atoms with E-state index >= 15 is 0 Å². The number of hydrogen-bond acceptors (Lipinski definition) is 5. The third-order valence-electron chi connectivity index (χ3n) is 3.18. The van der Waals surface area contributed by atoms with Crippen molar-refractivity contribution in [2.75, 3.05) is 11.1 Å². The van der Waals surface area contributed by atoms with E-state index in [9.17, 15) is 4.39 Å². The lowest BCUT2D eigenvalue weighted by molar-refractivity contribution is 0.464. The summed E-state index contributed by atoms with van der Waals surface area (Å²) in [5, 5.41) is 3.10. The molecule has 0 radical (unpaired) electrons. The lowest BCUT2D eigenvalue weighted by Gasteiger charge is -2.11. The summed E-state index contributed by atoms with van der Waals surface area (Å²) in [6, 6.07) is 15.4. The highest BCUT2D eigenvalue weighted by Crippen LogP contribution is 2.29. The van der Waals surface area contributed by atoms with Gasteiger partial charge in [-0.05, 0) is 29.8 Å². The van der Waals surface area contributed by atoms with Gasteiger partial charge in [0.25, 0.3) is 0 Å². The maximum absolute atomic E-state index is 12.9. The molecule has 6 heteroatoms. The molecule has 23 heavy (non-hydrogen) atoms. The van der Waals surface area contributed by atoms with Crippen molar-refractivity contribution in [1.29, 1.82) is 0 Å². The van der Waals surface area contributed by atoms with E-state index in [1.807, 2.05) is 30.3 Å². The van der Waals surface area contributed by atoms with Crippen LogP contribution in [-0.2, 0) is 6.54 Å². The summed E-state index contributed by atoms with van der Waals surface area (Å²) in [5.74, 6) is 1.12. The molecule has 0 amide bonds. The van der Waals surface area contributed by atoms with Crippen molar-refractivity contribution in [2.45, 2.75) is 6.54 Å². The van der Waals surface area contributed by atoms with Gasteiger partial charge < -0.3 is 15.8 Å². The number of nitrogen functional groups attached to an aromatic ring is 1. The quantitative estimate of drug-likeness (QED) is 0.753. The Kier molecular flexibility index (Phi) is 4.33. The van der Waals surface area contributed by atoms with Crippen molar-refractivity contribution < 1.29 is 9.13 Å². The van der Waals surface area contributed by atoms with E-state index < -0.39 is 0 Å². The van der Waals surface area contributed by atoms with Crippen molar-refractivity contribution in [3.8, 4) is 11.6 Å². The van der Waals surface area contributed by atoms with E-state index in [1.54, 1.807) is 12.1 Å². The zero-order valence-corrected chi connectivity index (χ0v) is 12.2. The van der Waals surface area contributed by atoms with Gasteiger partial charge in [-0.15, -0.1) is 0 Å². The van der Waals surface area contributed by atoms with Crippen LogP contribution in [0.1, 0.15) is 5.56 Å². The zero-order chi connectivity index (χ0) is 16.1. The molecule has 0 aliphatic heterocycles. The Labute approximate surface area is 133 Å². The highest BCUT2D eigenvalue weighted by Gasteiger charge is 2.10. The number of anilines is 2. The Bertz CT molecular complexity index is 778. The van der Waals surface area contributed by atoms with Crippen LogP contribution in [0.3, 0.4) is 0 Å². The summed E-state index contributed by atoms with van der Waals surface area (Å²) >= 11 is 0. The lowest BCUT2D eigenvalue weighted by atomic mass is 10.2. The Morgan fingerprint density at radius 1 is 1.00 bits per heavy atom. The van der Waals surface area contributed by atoms with Gasteiger partial charge in [0, 0.05) is 6.54 Å². The first-order chi connectivity index (χ1) is 11.2. The molecule has 0 bridgehead atoms. The average Bonchev–Trinajstić information content (AvgIpc) is 2.58. The standard InChI is InChI=1S/C17H15FN4O/c18-13-8-6-12(7-9-13)10-20-16-15(19)17(22-11-21-16)23-14-4-2-1-3-5-14/h1-9,11H,10,19H2,(H,20,21,22). The molecule has 2 aromatic carbocycles. The molecular weight excluding hydrogens is 295 g/mol. The van der Waals surface area contributed by atoms with Crippen LogP contribution in [0.25, 0.3) is 0 Å². The number of nitrogens with zero attached hydrogens (tertiary/aromatic N) is 2. The van der Waals surface area contributed by atoms with Crippen LogP contribution in [0.15, 0.2) is 60.9 Å². The largest absolute Gasteiger partial charge is 0.437 e. The van der Waals surface area contributed by atoms with Gasteiger partial charge in [0.2, 0.25) is 5.88 Å². The number of hydrogen-bond donors (Lipinski definition) is 2. The highest BCUT2D eigenvalue weighted by atomic mass is 19.1. The number of nitrogens with two attached hydrogens (primary N) is 1. The number of halogens is 1. The summed E-state index contributed by atoms with van der Waals surface area (Å²) in [5.41, 5.74) is 7.28. The van der Waals surface area contributed by atoms with Crippen molar-refractivity contribution in [3.63, 3.8) is 0 Å². The molecule has 3 rings (SSSR count). The van der Waals surface area contributed by atoms with Crippen LogP contribution in [0.5, 0.6) is 11.6 Å². The minimum absolute atomic E-state index is 0.270. The van der Waals surface area contributed by atoms with Gasteiger partial charge in [-0.25, -0.2) is 9.37 Å². The maximum Gasteiger partial charge on any atom is 0.248 e. The molecule has 3 aromatic rings. The number of nitrogens with one attached hydrogen (secondary N) is 1. The maximum atomic E-state index is 12.9. The van der Waals surface area contributed by atoms with Crippen LogP contribution < -0.4 is 15.8 Å². The van der Waals surface area contributed by atoms with Crippen LogP contribution in [0, 0.1) is 5.82 Å². The molecule has 116 valence electrons. The van der Waals surface area contributed by atoms with E-state index in [0.717, 1.165) is 5.56 Å². The van der Waals surface area contributed by atoms with Crippen molar-refractivity contribution >= 4 is 11.5 Å². The van der Waals surface area contributed by atoms with E-state index in [4.69, 9.17) is 10.5 Å². The third-order valence-corrected chi connectivity index (χ3v) is 3.18. The van der Waals surface area contributed by atoms with Gasteiger partial charge in [-0.1, -0.05) is 30.3 Å². The fourth-order valence-electron chi connectivity index (χ4n) is 1.99. The molecule has 0 aliphatic carbocycles. The van der Waals surface area contributed by atoms with Crippen molar-refractivity contribution in [1.82, 2.24) is 9.97 Å². The normalized spacial score (nSPS) is 10.3. The monoisotopic (exact) mass is 310 g/mol. The number of aromatic nitrogens is 2.